The summed E-state index contributed by atoms with van der Waals surface area (Å²) in [6.45, 7) is 12.1. The number of hydrogen-bond donors (Lipinski definition) is 1. The number of amides is 1. The lowest BCUT2D eigenvalue weighted by Gasteiger charge is -2.23. The quantitative estimate of drug-likeness (QED) is 0.903. The second-order valence-electron chi connectivity index (χ2n) is 6.25. The van der Waals surface area contributed by atoms with Gasteiger partial charge in [-0.15, -0.1) is 0 Å². The lowest BCUT2D eigenvalue weighted by Crippen LogP contribution is -2.41. The van der Waals surface area contributed by atoms with Crippen LogP contribution in [0.15, 0.2) is 6.07 Å². The summed E-state index contributed by atoms with van der Waals surface area (Å²) in [4.78, 5) is 25.3. The van der Waals surface area contributed by atoms with Gasteiger partial charge in [-0.05, 0) is 34.1 Å². The Bertz CT molecular complexity index is 497. The molecule has 0 aliphatic carbocycles. The lowest BCUT2D eigenvalue weighted by atomic mass is 10.3. The molecule has 2 heterocycles. The van der Waals surface area contributed by atoms with Gasteiger partial charge < -0.3 is 10.2 Å². The molecule has 2 rings (SSSR count). The molecule has 1 amide bonds. The summed E-state index contributed by atoms with van der Waals surface area (Å²) in [5, 5.41) is 2.95. The number of aromatic nitrogens is 2. The van der Waals surface area contributed by atoms with Crippen molar-refractivity contribution in [1.82, 2.24) is 20.2 Å². The van der Waals surface area contributed by atoms with Crippen LogP contribution in [0.2, 0.25) is 0 Å². The molecule has 1 aliphatic rings. The first-order valence-electron chi connectivity index (χ1n) is 8.03. The minimum Gasteiger partial charge on any atom is -0.355 e. The number of anilines is 1. The Morgan fingerprint density at radius 3 is 2.68 bits per heavy atom. The van der Waals surface area contributed by atoms with Gasteiger partial charge in [-0.2, -0.15) is 0 Å². The maximum Gasteiger partial charge on any atom is 0.234 e. The molecular weight excluding hydrogens is 278 g/mol. The van der Waals surface area contributed by atoms with Crippen molar-refractivity contribution in [2.24, 2.45) is 0 Å². The van der Waals surface area contributed by atoms with Crippen molar-refractivity contribution in [3.63, 3.8) is 0 Å². The normalized spacial score (nSPS) is 16.7. The number of hydrogen-bond acceptors (Lipinski definition) is 5. The molecule has 0 unspecified atom stereocenters. The Kier molecular flexibility index (Phi) is 5.71. The molecule has 6 heteroatoms. The summed E-state index contributed by atoms with van der Waals surface area (Å²) in [6.07, 6.45) is 1.04. The monoisotopic (exact) mass is 305 g/mol. The van der Waals surface area contributed by atoms with E-state index in [0.29, 0.717) is 6.54 Å². The SMILES string of the molecule is Cc1cc(N2CCCN(CC(=O)NC(C)C)CC2)nc(C)n1. The van der Waals surface area contributed by atoms with E-state index in [1.165, 1.54) is 0 Å². The highest BCUT2D eigenvalue weighted by molar-refractivity contribution is 5.78. The standard InChI is InChI=1S/C16H27N5O/c1-12(2)17-16(22)11-20-6-5-7-21(9-8-20)15-10-13(3)18-14(4)19-15/h10,12H,5-9,11H2,1-4H3,(H,17,22). The number of nitrogens with zero attached hydrogens (tertiary/aromatic N) is 4. The van der Waals surface area contributed by atoms with Crippen molar-refractivity contribution in [3.8, 4) is 0 Å². The van der Waals surface area contributed by atoms with Gasteiger partial charge in [0.25, 0.3) is 0 Å². The van der Waals surface area contributed by atoms with Crippen molar-refractivity contribution in [2.75, 3.05) is 37.6 Å². The van der Waals surface area contributed by atoms with E-state index < -0.39 is 0 Å². The summed E-state index contributed by atoms with van der Waals surface area (Å²) in [6, 6.07) is 2.23. The van der Waals surface area contributed by atoms with Crippen LogP contribution in [0.25, 0.3) is 0 Å². The fourth-order valence-electron chi connectivity index (χ4n) is 2.79. The van der Waals surface area contributed by atoms with Gasteiger partial charge in [0.1, 0.15) is 11.6 Å². The van der Waals surface area contributed by atoms with E-state index in [2.05, 4.69) is 25.1 Å². The van der Waals surface area contributed by atoms with E-state index in [1.807, 2.05) is 33.8 Å². The van der Waals surface area contributed by atoms with Crippen LogP contribution in [0.4, 0.5) is 5.82 Å². The van der Waals surface area contributed by atoms with Gasteiger partial charge in [0.15, 0.2) is 0 Å². The van der Waals surface area contributed by atoms with Gasteiger partial charge >= 0.3 is 0 Å². The van der Waals surface area contributed by atoms with E-state index in [9.17, 15) is 4.79 Å². The first kappa shape index (κ1) is 16.7. The molecule has 1 N–H and O–H groups in total. The molecule has 0 spiro atoms. The minimum atomic E-state index is 0.108. The molecule has 1 aromatic rings. The fourth-order valence-corrected chi connectivity index (χ4v) is 2.79. The molecule has 0 bridgehead atoms. The van der Waals surface area contributed by atoms with Gasteiger partial charge in [-0.1, -0.05) is 0 Å². The molecule has 122 valence electrons. The molecule has 22 heavy (non-hydrogen) atoms. The minimum absolute atomic E-state index is 0.108. The third-order valence-corrected chi connectivity index (χ3v) is 3.68. The van der Waals surface area contributed by atoms with Gasteiger partial charge in [0, 0.05) is 44.0 Å². The van der Waals surface area contributed by atoms with Gasteiger partial charge in [-0.25, -0.2) is 9.97 Å². The summed E-state index contributed by atoms with van der Waals surface area (Å²) in [7, 11) is 0. The Balaban J connectivity index is 1.93. The zero-order valence-electron chi connectivity index (χ0n) is 14.1. The van der Waals surface area contributed by atoms with Gasteiger partial charge in [0.2, 0.25) is 5.91 Å². The Hall–Kier alpha value is -1.69. The third kappa shape index (κ3) is 4.94. The summed E-state index contributed by atoms with van der Waals surface area (Å²) >= 11 is 0. The van der Waals surface area contributed by atoms with Crippen molar-refractivity contribution in [2.45, 2.75) is 40.2 Å². The highest BCUT2D eigenvalue weighted by atomic mass is 16.2. The number of carbonyl (C=O) groups is 1. The number of nitrogens with one attached hydrogen (secondary N) is 1. The van der Waals surface area contributed by atoms with Gasteiger partial charge in [0.05, 0.1) is 6.54 Å². The first-order valence-corrected chi connectivity index (χ1v) is 8.03. The van der Waals surface area contributed by atoms with Crippen LogP contribution in [-0.2, 0) is 4.79 Å². The highest BCUT2D eigenvalue weighted by Gasteiger charge is 2.18. The highest BCUT2D eigenvalue weighted by Crippen LogP contribution is 2.15. The predicted molar refractivity (Wildman–Crippen MR) is 88.1 cm³/mol. The topological polar surface area (TPSA) is 61.4 Å². The second-order valence-corrected chi connectivity index (χ2v) is 6.25. The molecule has 6 nitrogen and oxygen atoms in total. The molecule has 0 radical (unpaired) electrons. The lowest BCUT2D eigenvalue weighted by molar-refractivity contribution is -0.122. The Morgan fingerprint density at radius 2 is 2.00 bits per heavy atom. The number of rotatable bonds is 4. The van der Waals surface area contributed by atoms with E-state index in [-0.39, 0.29) is 11.9 Å². The molecule has 0 aromatic carbocycles. The zero-order chi connectivity index (χ0) is 16.1. The molecule has 0 saturated carbocycles. The van der Waals surface area contributed by atoms with Crippen LogP contribution in [0, 0.1) is 13.8 Å². The second kappa shape index (κ2) is 7.54. The van der Waals surface area contributed by atoms with E-state index >= 15 is 0 Å². The van der Waals surface area contributed by atoms with Crippen LogP contribution >= 0.6 is 0 Å². The first-order chi connectivity index (χ1) is 10.4. The largest absolute Gasteiger partial charge is 0.355 e. The average Bonchev–Trinajstić information content (AvgIpc) is 2.62. The molecule has 1 aromatic heterocycles. The van der Waals surface area contributed by atoms with E-state index in [4.69, 9.17) is 0 Å². The maximum atomic E-state index is 11.9. The smallest absolute Gasteiger partial charge is 0.234 e. The molecule has 1 saturated heterocycles. The zero-order valence-corrected chi connectivity index (χ0v) is 14.1. The molecular formula is C16H27N5O. The van der Waals surface area contributed by atoms with Crippen LogP contribution in [0.1, 0.15) is 31.8 Å². The predicted octanol–water partition coefficient (Wildman–Crippen LogP) is 1.13. The fraction of sp³-hybridized carbons (Fsp3) is 0.688. The summed E-state index contributed by atoms with van der Waals surface area (Å²) < 4.78 is 0. The summed E-state index contributed by atoms with van der Waals surface area (Å²) in [5.74, 6) is 1.92. The van der Waals surface area contributed by atoms with E-state index in [1.54, 1.807) is 0 Å². The number of carbonyl (C=O) groups excluding carboxylic acids is 1. The average molecular weight is 305 g/mol. The van der Waals surface area contributed by atoms with Gasteiger partial charge in [-0.3, -0.25) is 9.69 Å². The Morgan fingerprint density at radius 1 is 1.23 bits per heavy atom. The van der Waals surface area contributed by atoms with Crippen molar-refractivity contribution >= 4 is 11.7 Å². The maximum absolute atomic E-state index is 11.9. The number of aryl methyl sites for hydroxylation is 2. The van der Waals surface area contributed by atoms with Crippen molar-refractivity contribution < 1.29 is 4.79 Å². The van der Waals surface area contributed by atoms with Crippen LogP contribution in [0.3, 0.4) is 0 Å². The Labute approximate surface area is 132 Å². The van der Waals surface area contributed by atoms with E-state index in [0.717, 1.165) is 49.9 Å². The van der Waals surface area contributed by atoms with Crippen LogP contribution in [-0.4, -0.2) is 59.5 Å². The summed E-state index contributed by atoms with van der Waals surface area (Å²) in [5.41, 5.74) is 1.000. The molecule has 0 atom stereocenters. The van der Waals surface area contributed by atoms with Crippen molar-refractivity contribution in [1.29, 1.82) is 0 Å². The van der Waals surface area contributed by atoms with Crippen molar-refractivity contribution in [3.05, 3.63) is 17.6 Å². The molecule has 1 aliphatic heterocycles. The third-order valence-electron chi connectivity index (χ3n) is 3.68. The van der Waals surface area contributed by atoms with Crippen LogP contribution in [0.5, 0.6) is 0 Å². The van der Waals surface area contributed by atoms with Crippen LogP contribution < -0.4 is 10.2 Å². The molecule has 1 fully saturated rings.